The van der Waals surface area contributed by atoms with Crippen molar-refractivity contribution in [2.24, 2.45) is 0 Å². The molecule has 0 aliphatic carbocycles. The number of amides is 1. The zero-order valence-corrected chi connectivity index (χ0v) is 16.1. The fraction of sp³-hybridized carbons (Fsp3) is 0.412. The predicted molar refractivity (Wildman–Crippen MR) is 102 cm³/mol. The van der Waals surface area contributed by atoms with Crippen LogP contribution in [0, 0.1) is 0 Å². The Balaban J connectivity index is 1.59. The molecule has 1 saturated heterocycles. The molecule has 0 radical (unpaired) electrons. The molecular weight excluding hydrogens is 372 g/mol. The van der Waals surface area contributed by atoms with Crippen LogP contribution >= 0.6 is 11.3 Å². The van der Waals surface area contributed by atoms with E-state index in [1.54, 1.807) is 24.4 Å². The lowest BCUT2D eigenvalue weighted by Gasteiger charge is -2.20. The lowest BCUT2D eigenvalue weighted by Crippen LogP contribution is -2.34. The minimum Gasteiger partial charge on any atom is -0.317 e. The Bertz CT molecular complexity index is 846. The molecule has 0 atom stereocenters. The van der Waals surface area contributed by atoms with E-state index < -0.39 is 15.9 Å². The van der Waals surface area contributed by atoms with Crippen LogP contribution in [0.25, 0.3) is 0 Å². The lowest BCUT2D eigenvalue weighted by atomic mass is 9.97. The van der Waals surface area contributed by atoms with Gasteiger partial charge in [0.15, 0.2) is 5.13 Å². The predicted octanol–water partition coefficient (Wildman–Crippen LogP) is 1.87. The van der Waals surface area contributed by atoms with Crippen molar-refractivity contribution in [3.8, 4) is 0 Å². The maximum Gasteiger partial charge on any atom is 0.243 e. The molecule has 0 spiro atoms. The van der Waals surface area contributed by atoms with E-state index in [1.165, 1.54) is 30.5 Å². The molecule has 26 heavy (non-hydrogen) atoms. The van der Waals surface area contributed by atoms with Gasteiger partial charge in [-0.25, -0.2) is 13.4 Å². The van der Waals surface area contributed by atoms with E-state index in [1.807, 2.05) is 0 Å². The number of sulfonamides is 1. The Morgan fingerprint density at radius 1 is 1.31 bits per heavy atom. The van der Waals surface area contributed by atoms with Crippen LogP contribution in [0.5, 0.6) is 0 Å². The van der Waals surface area contributed by atoms with Crippen molar-refractivity contribution in [1.29, 1.82) is 0 Å². The number of carbonyl (C=O) groups excluding carboxylic acids is 1. The van der Waals surface area contributed by atoms with Gasteiger partial charge >= 0.3 is 0 Å². The average Bonchev–Trinajstić information content (AvgIpc) is 3.11. The van der Waals surface area contributed by atoms with Crippen LogP contribution in [0.3, 0.4) is 0 Å². The number of nitrogens with zero attached hydrogens (tertiary/aromatic N) is 2. The van der Waals surface area contributed by atoms with Crippen molar-refractivity contribution in [3.05, 3.63) is 41.4 Å². The third kappa shape index (κ3) is 4.47. The summed E-state index contributed by atoms with van der Waals surface area (Å²) in [5.74, 6) is 0.0683. The van der Waals surface area contributed by atoms with E-state index >= 15 is 0 Å². The fourth-order valence-electron chi connectivity index (χ4n) is 2.86. The van der Waals surface area contributed by atoms with Gasteiger partial charge < -0.3 is 10.6 Å². The maximum atomic E-state index is 12.5. The molecule has 0 bridgehead atoms. The molecule has 1 fully saturated rings. The van der Waals surface area contributed by atoms with Crippen LogP contribution in [0.15, 0.2) is 41.4 Å². The molecule has 9 heteroatoms. The van der Waals surface area contributed by atoms with Crippen molar-refractivity contribution in [3.63, 3.8) is 0 Å². The minimum absolute atomic E-state index is 0.165. The van der Waals surface area contributed by atoms with Crippen molar-refractivity contribution >= 4 is 32.4 Å². The van der Waals surface area contributed by atoms with Crippen molar-refractivity contribution in [1.82, 2.24) is 14.6 Å². The van der Waals surface area contributed by atoms with Crippen molar-refractivity contribution in [2.75, 3.05) is 32.0 Å². The van der Waals surface area contributed by atoms with Crippen molar-refractivity contribution < 1.29 is 13.2 Å². The molecule has 2 N–H and O–H groups in total. The van der Waals surface area contributed by atoms with Gasteiger partial charge in [-0.3, -0.25) is 4.79 Å². The number of carbonyl (C=O) groups is 1. The van der Waals surface area contributed by atoms with Crippen molar-refractivity contribution in [2.45, 2.75) is 23.7 Å². The van der Waals surface area contributed by atoms with Gasteiger partial charge in [-0.1, -0.05) is 18.2 Å². The molecule has 1 aromatic carbocycles. The van der Waals surface area contributed by atoms with E-state index in [0.717, 1.165) is 35.1 Å². The van der Waals surface area contributed by atoms with Crippen LogP contribution in [-0.2, 0) is 14.8 Å². The molecule has 2 aromatic rings. The quantitative estimate of drug-likeness (QED) is 0.780. The van der Waals surface area contributed by atoms with E-state index in [4.69, 9.17) is 0 Å². The number of rotatable bonds is 6. The topological polar surface area (TPSA) is 91.4 Å². The Kier molecular flexibility index (Phi) is 6.02. The summed E-state index contributed by atoms with van der Waals surface area (Å²) in [6.07, 6.45) is 3.93. The second-order valence-corrected chi connectivity index (χ2v) is 9.32. The van der Waals surface area contributed by atoms with Crippen LogP contribution in [0.4, 0.5) is 5.13 Å². The molecule has 1 amide bonds. The van der Waals surface area contributed by atoms with Gasteiger partial charge in [-0.15, -0.1) is 11.3 Å². The fourth-order valence-corrected chi connectivity index (χ4v) is 5.01. The van der Waals surface area contributed by atoms with Gasteiger partial charge in [0, 0.05) is 18.1 Å². The molecule has 0 saturated carbocycles. The summed E-state index contributed by atoms with van der Waals surface area (Å²) in [7, 11) is -2.30. The SMILES string of the molecule is CN(CC(=O)Nc1ncc(C2CCNCC2)s1)S(=O)(=O)c1ccccc1. The molecule has 1 aliphatic rings. The number of thiazole rings is 1. The first kappa shape index (κ1) is 19.0. The second-order valence-electron chi connectivity index (χ2n) is 6.21. The zero-order valence-electron chi connectivity index (χ0n) is 14.5. The van der Waals surface area contributed by atoms with Crippen LogP contribution < -0.4 is 10.6 Å². The number of anilines is 1. The minimum atomic E-state index is -3.69. The van der Waals surface area contributed by atoms with Crippen LogP contribution in [-0.4, -0.2) is 50.3 Å². The highest BCUT2D eigenvalue weighted by Gasteiger charge is 2.23. The first-order valence-electron chi connectivity index (χ1n) is 8.44. The highest BCUT2D eigenvalue weighted by atomic mass is 32.2. The Hall–Kier alpha value is -1.81. The summed E-state index contributed by atoms with van der Waals surface area (Å²) in [4.78, 5) is 17.8. The number of likely N-dealkylation sites (N-methyl/N-ethyl adjacent to an activating group) is 1. The summed E-state index contributed by atoms with van der Waals surface area (Å²) >= 11 is 1.46. The smallest absolute Gasteiger partial charge is 0.243 e. The molecule has 2 heterocycles. The van der Waals surface area contributed by atoms with Crippen LogP contribution in [0.1, 0.15) is 23.6 Å². The number of aromatic nitrogens is 1. The lowest BCUT2D eigenvalue weighted by molar-refractivity contribution is -0.116. The monoisotopic (exact) mass is 394 g/mol. The molecule has 0 unspecified atom stereocenters. The number of benzene rings is 1. The van der Waals surface area contributed by atoms with Gasteiger partial charge in [0.25, 0.3) is 0 Å². The normalized spacial score (nSPS) is 15.9. The van der Waals surface area contributed by atoms with Gasteiger partial charge in [-0.2, -0.15) is 4.31 Å². The molecule has 140 valence electrons. The Morgan fingerprint density at radius 3 is 2.69 bits per heavy atom. The third-order valence-corrected chi connectivity index (χ3v) is 7.22. The zero-order chi connectivity index (χ0) is 18.6. The van der Waals surface area contributed by atoms with E-state index in [-0.39, 0.29) is 11.4 Å². The van der Waals surface area contributed by atoms with E-state index in [9.17, 15) is 13.2 Å². The Labute approximate surface area is 157 Å². The molecular formula is C17H22N4O3S2. The maximum absolute atomic E-state index is 12.5. The summed E-state index contributed by atoms with van der Waals surface area (Å²) in [5, 5.41) is 6.54. The molecule has 3 rings (SSSR count). The van der Waals surface area contributed by atoms with Gasteiger partial charge in [-0.05, 0) is 44.0 Å². The third-order valence-electron chi connectivity index (χ3n) is 4.33. The average molecular weight is 395 g/mol. The van der Waals surface area contributed by atoms with Gasteiger partial charge in [0.1, 0.15) is 0 Å². The highest BCUT2D eigenvalue weighted by molar-refractivity contribution is 7.89. The number of piperidine rings is 1. The van der Waals surface area contributed by atoms with Crippen LogP contribution in [0.2, 0.25) is 0 Å². The molecule has 7 nitrogen and oxygen atoms in total. The number of nitrogens with one attached hydrogen (secondary N) is 2. The summed E-state index contributed by atoms with van der Waals surface area (Å²) in [6, 6.07) is 8.07. The molecule has 1 aliphatic heterocycles. The van der Waals surface area contributed by atoms with E-state index in [0.29, 0.717) is 11.0 Å². The van der Waals surface area contributed by atoms with Gasteiger partial charge in [0.2, 0.25) is 15.9 Å². The summed E-state index contributed by atoms with van der Waals surface area (Å²) in [6.45, 7) is 1.72. The summed E-state index contributed by atoms with van der Waals surface area (Å²) < 4.78 is 26.0. The second kappa shape index (κ2) is 8.26. The standard InChI is InChI=1S/C17H22N4O3S2/c1-21(26(23,24)14-5-3-2-4-6-14)12-16(22)20-17-19-11-15(25-17)13-7-9-18-10-8-13/h2-6,11,13,18H,7-10,12H2,1H3,(H,19,20,22). The number of hydrogen-bond donors (Lipinski definition) is 2. The highest BCUT2D eigenvalue weighted by Crippen LogP contribution is 2.31. The Morgan fingerprint density at radius 2 is 2.00 bits per heavy atom. The molecule has 1 aromatic heterocycles. The van der Waals surface area contributed by atoms with E-state index in [2.05, 4.69) is 15.6 Å². The largest absolute Gasteiger partial charge is 0.317 e. The first-order chi connectivity index (χ1) is 12.5. The van der Waals surface area contributed by atoms with Gasteiger partial charge in [0.05, 0.1) is 11.4 Å². The summed E-state index contributed by atoms with van der Waals surface area (Å²) in [5.41, 5.74) is 0. The first-order valence-corrected chi connectivity index (χ1v) is 10.7. The number of hydrogen-bond acceptors (Lipinski definition) is 6.